The Bertz CT molecular complexity index is 316. The van der Waals surface area contributed by atoms with Crippen LogP contribution in [0.1, 0.15) is 19.0 Å². The number of nitrogens with one attached hydrogen (secondary N) is 1. The van der Waals surface area contributed by atoms with Gasteiger partial charge in [-0.15, -0.1) is 0 Å². The molecule has 0 bridgehead atoms. The Morgan fingerprint density at radius 2 is 2.25 bits per heavy atom. The number of anilines is 1. The second kappa shape index (κ2) is 7.06. The molecule has 0 aliphatic rings. The summed E-state index contributed by atoms with van der Waals surface area (Å²) in [7, 11) is 1.65. The third-order valence-corrected chi connectivity index (χ3v) is 2.21. The van der Waals surface area contributed by atoms with Crippen molar-refractivity contribution in [1.29, 1.82) is 0 Å². The number of ether oxygens (including phenoxy) is 2. The summed E-state index contributed by atoms with van der Waals surface area (Å²) in [6.45, 7) is 6.40. The third-order valence-electron chi connectivity index (χ3n) is 2.21. The summed E-state index contributed by atoms with van der Waals surface area (Å²) < 4.78 is 10.5. The molecule has 1 heterocycles. The molecule has 16 heavy (non-hydrogen) atoms. The van der Waals surface area contributed by atoms with Crippen molar-refractivity contribution in [3.8, 4) is 5.75 Å². The predicted octanol–water partition coefficient (Wildman–Crippen LogP) is 2.24. The van der Waals surface area contributed by atoms with Crippen molar-refractivity contribution in [1.82, 2.24) is 4.98 Å². The number of hydrogen-bond donors (Lipinski definition) is 1. The Kier molecular flexibility index (Phi) is 5.64. The van der Waals surface area contributed by atoms with Crippen LogP contribution < -0.4 is 10.1 Å². The second-order valence-electron chi connectivity index (χ2n) is 3.50. The summed E-state index contributed by atoms with van der Waals surface area (Å²) >= 11 is 0. The van der Waals surface area contributed by atoms with E-state index in [0.717, 1.165) is 43.3 Å². The lowest BCUT2D eigenvalue weighted by molar-refractivity contribution is 0.147. The van der Waals surface area contributed by atoms with Gasteiger partial charge in [0.25, 0.3) is 0 Å². The zero-order chi connectivity index (χ0) is 11.8. The van der Waals surface area contributed by atoms with E-state index in [1.54, 1.807) is 13.3 Å². The summed E-state index contributed by atoms with van der Waals surface area (Å²) in [5.41, 5.74) is 1.97. The number of nitrogens with zero attached hydrogens (tertiary/aromatic N) is 1. The summed E-state index contributed by atoms with van der Waals surface area (Å²) in [5, 5.41) is 3.32. The molecule has 0 unspecified atom stereocenters. The van der Waals surface area contributed by atoms with E-state index in [9.17, 15) is 0 Å². The van der Waals surface area contributed by atoms with Crippen LogP contribution in [0.15, 0.2) is 12.3 Å². The third kappa shape index (κ3) is 4.06. The molecule has 0 aliphatic carbocycles. The molecule has 0 aliphatic heterocycles. The van der Waals surface area contributed by atoms with E-state index in [1.165, 1.54) is 0 Å². The quantitative estimate of drug-likeness (QED) is 0.721. The van der Waals surface area contributed by atoms with Crippen LogP contribution in [-0.4, -0.2) is 31.9 Å². The SMILES string of the molecule is CCOCCCNc1cc(C)ncc1OC. The van der Waals surface area contributed by atoms with Crippen LogP contribution >= 0.6 is 0 Å². The van der Waals surface area contributed by atoms with Crippen LogP contribution in [0, 0.1) is 6.92 Å². The molecule has 4 nitrogen and oxygen atoms in total. The average molecular weight is 224 g/mol. The van der Waals surface area contributed by atoms with Crippen molar-refractivity contribution in [2.75, 3.05) is 32.2 Å². The minimum absolute atomic E-state index is 0.775. The minimum atomic E-state index is 0.775. The average Bonchev–Trinajstić information content (AvgIpc) is 2.29. The molecule has 1 aromatic rings. The van der Waals surface area contributed by atoms with Gasteiger partial charge in [-0.3, -0.25) is 4.98 Å². The van der Waals surface area contributed by atoms with Gasteiger partial charge in [-0.1, -0.05) is 0 Å². The van der Waals surface area contributed by atoms with E-state index < -0.39 is 0 Å². The highest BCUT2D eigenvalue weighted by molar-refractivity contribution is 5.55. The lowest BCUT2D eigenvalue weighted by Crippen LogP contribution is -2.07. The normalized spacial score (nSPS) is 10.2. The highest BCUT2D eigenvalue weighted by Crippen LogP contribution is 2.23. The molecule has 0 aromatic carbocycles. The van der Waals surface area contributed by atoms with E-state index >= 15 is 0 Å². The van der Waals surface area contributed by atoms with E-state index in [1.807, 2.05) is 19.9 Å². The first-order valence-electron chi connectivity index (χ1n) is 5.60. The van der Waals surface area contributed by atoms with E-state index in [-0.39, 0.29) is 0 Å². The van der Waals surface area contributed by atoms with Crippen LogP contribution in [0.4, 0.5) is 5.69 Å². The lowest BCUT2D eigenvalue weighted by atomic mass is 10.3. The van der Waals surface area contributed by atoms with Gasteiger partial charge in [0.15, 0.2) is 5.75 Å². The molecule has 0 fully saturated rings. The fourth-order valence-corrected chi connectivity index (χ4v) is 1.39. The Hall–Kier alpha value is -1.29. The number of hydrogen-bond acceptors (Lipinski definition) is 4. The van der Waals surface area contributed by atoms with E-state index in [0.29, 0.717) is 0 Å². The van der Waals surface area contributed by atoms with Crippen molar-refractivity contribution in [2.45, 2.75) is 20.3 Å². The van der Waals surface area contributed by atoms with E-state index in [4.69, 9.17) is 9.47 Å². The van der Waals surface area contributed by atoms with Gasteiger partial charge in [0, 0.05) is 25.5 Å². The molecular weight excluding hydrogens is 204 g/mol. The topological polar surface area (TPSA) is 43.4 Å². The second-order valence-corrected chi connectivity index (χ2v) is 3.50. The summed E-state index contributed by atoms with van der Waals surface area (Å²) in [6, 6.07) is 1.99. The number of aromatic nitrogens is 1. The van der Waals surface area contributed by atoms with Crippen molar-refractivity contribution >= 4 is 5.69 Å². The van der Waals surface area contributed by atoms with Crippen LogP contribution in [-0.2, 0) is 4.74 Å². The monoisotopic (exact) mass is 224 g/mol. The molecule has 0 radical (unpaired) electrons. The molecule has 1 N–H and O–H groups in total. The van der Waals surface area contributed by atoms with Gasteiger partial charge in [-0.05, 0) is 26.3 Å². The molecule has 0 atom stereocenters. The first kappa shape index (κ1) is 12.8. The number of rotatable bonds is 7. The largest absolute Gasteiger partial charge is 0.493 e. The maximum Gasteiger partial charge on any atom is 0.160 e. The molecule has 0 amide bonds. The smallest absolute Gasteiger partial charge is 0.160 e. The lowest BCUT2D eigenvalue weighted by Gasteiger charge is -2.11. The number of methoxy groups -OCH3 is 1. The predicted molar refractivity (Wildman–Crippen MR) is 65.1 cm³/mol. The Morgan fingerprint density at radius 1 is 1.44 bits per heavy atom. The van der Waals surface area contributed by atoms with Crippen molar-refractivity contribution < 1.29 is 9.47 Å². The van der Waals surface area contributed by atoms with Gasteiger partial charge >= 0.3 is 0 Å². The Balaban J connectivity index is 2.42. The van der Waals surface area contributed by atoms with Crippen LogP contribution in [0.25, 0.3) is 0 Å². The molecule has 0 saturated heterocycles. The molecular formula is C12H20N2O2. The zero-order valence-electron chi connectivity index (χ0n) is 10.2. The maximum absolute atomic E-state index is 5.27. The van der Waals surface area contributed by atoms with Crippen LogP contribution in [0.3, 0.4) is 0 Å². The fraction of sp³-hybridized carbons (Fsp3) is 0.583. The number of pyridine rings is 1. The molecule has 1 rings (SSSR count). The van der Waals surface area contributed by atoms with Crippen molar-refractivity contribution in [3.05, 3.63) is 18.0 Å². The maximum atomic E-state index is 5.27. The van der Waals surface area contributed by atoms with Crippen molar-refractivity contribution in [3.63, 3.8) is 0 Å². The van der Waals surface area contributed by atoms with Gasteiger partial charge in [0.05, 0.1) is 19.0 Å². The van der Waals surface area contributed by atoms with Crippen molar-refractivity contribution in [2.24, 2.45) is 0 Å². The summed E-state index contributed by atoms with van der Waals surface area (Å²) in [4.78, 5) is 4.18. The first-order valence-corrected chi connectivity index (χ1v) is 5.60. The van der Waals surface area contributed by atoms with Gasteiger partial charge in [-0.25, -0.2) is 0 Å². The molecule has 0 spiro atoms. The van der Waals surface area contributed by atoms with Gasteiger partial charge < -0.3 is 14.8 Å². The molecule has 1 aromatic heterocycles. The standard InChI is InChI=1S/C12H20N2O2/c1-4-16-7-5-6-13-11-8-10(2)14-9-12(11)15-3/h8-9H,4-7H2,1-3H3,(H,13,14). The van der Waals surface area contributed by atoms with Gasteiger partial charge in [-0.2, -0.15) is 0 Å². The highest BCUT2D eigenvalue weighted by atomic mass is 16.5. The Labute approximate surface area is 97.0 Å². The molecule has 4 heteroatoms. The minimum Gasteiger partial charge on any atom is -0.493 e. The first-order chi connectivity index (χ1) is 7.77. The zero-order valence-corrected chi connectivity index (χ0v) is 10.2. The van der Waals surface area contributed by atoms with Crippen LogP contribution in [0.5, 0.6) is 5.75 Å². The molecule has 90 valence electrons. The summed E-state index contributed by atoms with van der Waals surface area (Å²) in [6.07, 6.45) is 2.72. The fourth-order valence-electron chi connectivity index (χ4n) is 1.39. The Morgan fingerprint density at radius 3 is 2.94 bits per heavy atom. The summed E-state index contributed by atoms with van der Waals surface area (Å²) in [5.74, 6) is 0.780. The van der Waals surface area contributed by atoms with Gasteiger partial charge in [0.2, 0.25) is 0 Å². The number of aryl methyl sites for hydroxylation is 1. The van der Waals surface area contributed by atoms with Gasteiger partial charge in [0.1, 0.15) is 0 Å². The van der Waals surface area contributed by atoms with Crippen LogP contribution in [0.2, 0.25) is 0 Å². The molecule has 0 saturated carbocycles. The van der Waals surface area contributed by atoms with E-state index in [2.05, 4.69) is 10.3 Å². The highest BCUT2D eigenvalue weighted by Gasteiger charge is 2.02.